The first-order chi connectivity index (χ1) is 9.22. The van der Waals surface area contributed by atoms with E-state index in [9.17, 15) is 0 Å². The number of rotatable bonds is 3. The minimum atomic E-state index is 0.0270. The zero-order valence-electron chi connectivity index (χ0n) is 10.9. The van der Waals surface area contributed by atoms with Crippen molar-refractivity contribution in [3.8, 4) is 11.5 Å². The molecule has 0 saturated heterocycles. The average Bonchev–Trinajstić information content (AvgIpc) is 2.86. The van der Waals surface area contributed by atoms with E-state index in [4.69, 9.17) is 21.1 Å². The summed E-state index contributed by atoms with van der Waals surface area (Å²) < 4.78 is 10.7. The highest BCUT2D eigenvalue weighted by atomic mass is 35.5. The van der Waals surface area contributed by atoms with Gasteiger partial charge in [0.2, 0.25) is 6.79 Å². The van der Waals surface area contributed by atoms with Crippen LogP contribution in [0.15, 0.2) is 30.0 Å². The number of ether oxygens (including phenoxy) is 2. The molecule has 0 fully saturated rings. The van der Waals surface area contributed by atoms with Crippen molar-refractivity contribution in [2.75, 3.05) is 20.4 Å². The van der Waals surface area contributed by atoms with Gasteiger partial charge < -0.3 is 14.4 Å². The lowest BCUT2D eigenvalue weighted by atomic mass is 10.1. The molecule has 19 heavy (non-hydrogen) atoms. The third kappa shape index (κ3) is 2.80. The van der Waals surface area contributed by atoms with E-state index in [1.54, 1.807) is 0 Å². The number of nitrogens with one attached hydrogen (secondary N) is 1. The maximum atomic E-state index is 6.12. The predicted molar refractivity (Wildman–Crippen MR) is 74.4 cm³/mol. The molecule has 1 atom stereocenters. The van der Waals surface area contributed by atoms with Gasteiger partial charge in [0.25, 0.3) is 0 Å². The van der Waals surface area contributed by atoms with Crippen LogP contribution in [0.4, 0.5) is 0 Å². The summed E-state index contributed by atoms with van der Waals surface area (Å²) >= 11 is 6.12. The van der Waals surface area contributed by atoms with Crippen molar-refractivity contribution in [1.29, 1.82) is 0 Å². The highest BCUT2D eigenvalue weighted by molar-refractivity contribution is 6.20. The number of hydrogen-bond donors (Lipinski definition) is 1. The molecule has 5 heteroatoms. The Morgan fingerprint density at radius 2 is 2.21 bits per heavy atom. The van der Waals surface area contributed by atoms with E-state index in [2.05, 4.69) is 29.4 Å². The van der Waals surface area contributed by atoms with Gasteiger partial charge in [-0.05, 0) is 17.7 Å². The zero-order valence-corrected chi connectivity index (χ0v) is 11.6. The minimum absolute atomic E-state index is 0.0270. The summed E-state index contributed by atoms with van der Waals surface area (Å²) in [7, 11) is 2.09. The molecule has 0 radical (unpaired) electrons. The van der Waals surface area contributed by atoms with E-state index < -0.39 is 0 Å². The number of fused-ring (bicyclic) bond motifs is 1. The first kappa shape index (κ1) is 12.6. The van der Waals surface area contributed by atoms with Crippen LogP contribution in [0, 0.1) is 0 Å². The van der Waals surface area contributed by atoms with Crippen molar-refractivity contribution in [2.24, 2.45) is 0 Å². The van der Waals surface area contributed by atoms with Gasteiger partial charge in [-0.15, -0.1) is 11.6 Å². The normalized spacial score (nSPS) is 21.2. The fourth-order valence-corrected chi connectivity index (χ4v) is 2.62. The Morgan fingerprint density at radius 3 is 3.05 bits per heavy atom. The van der Waals surface area contributed by atoms with E-state index in [0.29, 0.717) is 6.79 Å². The van der Waals surface area contributed by atoms with Crippen LogP contribution in [-0.4, -0.2) is 30.8 Å². The van der Waals surface area contributed by atoms with Gasteiger partial charge in [0.1, 0.15) is 0 Å². The highest BCUT2D eigenvalue weighted by Gasteiger charge is 2.17. The fraction of sp³-hybridized carbons (Fsp3) is 0.429. The smallest absolute Gasteiger partial charge is 0.231 e. The van der Waals surface area contributed by atoms with Gasteiger partial charge in [0.15, 0.2) is 11.5 Å². The van der Waals surface area contributed by atoms with Crippen LogP contribution in [0.3, 0.4) is 0 Å². The summed E-state index contributed by atoms with van der Waals surface area (Å²) in [5.74, 6) is 1.66. The molecule has 0 aliphatic carbocycles. The van der Waals surface area contributed by atoms with Crippen LogP contribution < -0.4 is 14.8 Å². The Bertz CT molecular complexity index is 504. The van der Waals surface area contributed by atoms with Crippen molar-refractivity contribution >= 4 is 11.6 Å². The van der Waals surface area contributed by atoms with E-state index in [-0.39, 0.29) is 5.50 Å². The summed E-state index contributed by atoms with van der Waals surface area (Å²) in [6, 6.07) is 6.08. The number of alkyl halides is 1. The largest absolute Gasteiger partial charge is 0.454 e. The third-order valence-electron chi connectivity index (χ3n) is 3.41. The second-order valence-corrected chi connectivity index (χ2v) is 5.35. The van der Waals surface area contributed by atoms with Crippen LogP contribution in [0.1, 0.15) is 12.0 Å². The summed E-state index contributed by atoms with van der Waals surface area (Å²) in [4.78, 5) is 2.23. The molecular formula is C14H17ClN2O2. The van der Waals surface area contributed by atoms with Crippen molar-refractivity contribution in [2.45, 2.75) is 18.5 Å². The molecule has 3 rings (SSSR count). The van der Waals surface area contributed by atoms with Crippen molar-refractivity contribution in [3.63, 3.8) is 0 Å². The standard InChI is InChI=1S/C14H17ClN2O2/c1-17(11-4-5-16-14(15)7-11)8-10-2-3-12-13(6-10)19-9-18-12/h2-4,6,14,16H,5,7-9H2,1H3. The van der Waals surface area contributed by atoms with Gasteiger partial charge in [-0.25, -0.2) is 0 Å². The molecule has 0 aromatic heterocycles. The monoisotopic (exact) mass is 280 g/mol. The van der Waals surface area contributed by atoms with E-state index in [0.717, 1.165) is 31.0 Å². The Labute approximate surface area is 117 Å². The molecule has 1 aromatic rings. The van der Waals surface area contributed by atoms with Crippen LogP contribution >= 0.6 is 11.6 Å². The third-order valence-corrected chi connectivity index (χ3v) is 3.72. The van der Waals surface area contributed by atoms with Crippen LogP contribution in [-0.2, 0) is 6.54 Å². The molecule has 1 N–H and O–H groups in total. The summed E-state index contributed by atoms with van der Waals surface area (Å²) in [6.07, 6.45) is 3.04. The lowest BCUT2D eigenvalue weighted by molar-refractivity contribution is 0.174. The quantitative estimate of drug-likeness (QED) is 0.680. The fourth-order valence-electron chi connectivity index (χ4n) is 2.37. The lowest BCUT2D eigenvalue weighted by Crippen LogP contribution is -2.33. The molecule has 102 valence electrons. The van der Waals surface area contributed by atoms with Gasteiger partial charge in [-0.2, -0.15) is 0 Å². The van der Waals surface area contributed by atoms with Gasteiger partial charge in [0.05, 0.1) is 5.50 Å². The number of nitrogens with zero attached hydrogens (tertiary/aromatic N) is 1. The van der Waals surface area contributed by atoms with E-state index in [1.807, 2.05) is 12.1 Å². The highest BCUT2D eigenvalue weighted by Crippen LogP contribution is 2.33. The number of benzene rings is 1. The summed E-state index contributed by atoms with van der Waals surface area (Å²) in [5.41, 5.74) is 2.51. The first-order valence-corrected chi connectivity index (χ1v) is 6.82. The second kappa shape index (κ2) is 5.31. The van der Waals surface area contributed by atoms with Crippen molar-refractivity contribution in [1.82, 2.24) is 10.2 Å². The maximum Gasteiger partial charge on any atom is 0.231 e. The average molecular weight is 281 g/mol. The van der Waals surface area contributed by atoms with Gasteiger partial charge in [-0.3, -0.25) is 5.32 Å². The summed E-state index contributed by atoms with van der Waals surface area (Å²) in [5, 5.41) is 3.19. The molecular weight excluding hydrogens is 264 g/mol. The molecule has 0 amide bonds. The molecule has 1 unspecified atom stereocenters. The van der Waals surface area contributed by atoms with Crippen LogP contribution in [0.2, 0.25) is 0 Å². The van der Waals surface area contributed by atoms with Crippen molar-refractivity contribution in [3.05, 3.63) is 35.5 Å². The molecule has 2 heterocycles. The molecule has 4 nitrogen and oxygen atoms in total. The Hall–Kier alpha value is -1.39. The predicted octanol–water partition coefficient (Wildman–Crippen LogP) is 2.29. The number of hydrogen-bond acceptors (Lipinski definition) is 4. The van der Waals surface area contributed by atoms with Gasteiger partial charge in [-0.1, -0.05) is 12.1 Å². The molecule has 0 saturated carbocycles. The first-order valence-electron chi connectivity index (χ1n) is 6.38. The second-order valence-electron chi connectivity index (χ2n) is 4.82. The molecule has 2 aliphatic heterocycles. The maximum absolute atomic E-state index is 6.12. The topological polar surface area (TPSA) is 33.7 Å². The minimum Gasteiger partial charge on any atom is -0.454 e. The van der Waals surface area contributed by atoms with E-state index >= 15 is 0 Å². The van der Waals surface area contributed by atoms with E-state index in [1.165, 1.54) is 11.3 Å². The SMILES string of the molecule is CN(Cc1ccc2c(c1)OCO2)C1=CCNC(Cl)C1. The Kier molecular flexibility index (Phi) is 3.53. The molecule has 0 spiro atoms. The number of halogens is 1. The Morgan fingerprint density at radius 1 is 1.37 bits per heavy atom. The Balaban J connectivity index is 1.69. The molecule has 2 aliphatic rings. The van der Waals surface area contributed by atoms with Crippen LogP contribution in [0.5, 0.6) is 11.5 Å². The van der Waals surface area contributed by atoms with Gasteiger partial charge >= 0.3 is 0 Å². The lowest BCUT2D eigenvalue weighted by Gasteiger charge is -2.28. The van der Waals surface area contributed by atoms with Gasteiger partial charge in [0, 0.05) is 32.3 Å². The van der Waals surface area contributed by atoms with Crippen LogP contribution in [0.25, 0.3) is 0 Å². The summed E-state index contributed by atoms with van der Waals surface area (Å²) in [6.45, 7) is 1.99. The zero-order chi connectivity index (χ0) is 13.2. The molecule has 1 aromatic carbocycles. The molecule has 0 bridgehead atoms. The van der Waals surface area contributed by atoms with Crippen molar-refractivity contribution < 1.29 is 9.47 Å².